The molecular formula is C26H28F6N2O3. The molecule has 2 aromatic rings. The van der Waals surface area contributed by atoms with Crippen molar-refractivity contribution < 1.29 is 40.7 Å². The lowest BCUT2D eigenvalue weighted by atomic mass is 9.83. The molecule has 202 valence electrons. The lowest BCUT2D eigenvalue weighted by Crippen LogP contribution is -2.52. The van der Waals surface area contributed by atoms with E-state index in [0.29, 0.717) is 12.1 Å². The van der Waals surface area contributed by atoms with Gasteiger partial charge >= 0.3 is 18.4 Å². The summed E-state index contributed by atoms with van der Waals surface area (Å²) in [4.78, 5) is 27.2. The maximum Gasteiger partial charge on any atom is 0.416 e. The summed E-state index contributed by atoms with van der Waals surface area (Å²) in [6, 6.07) is 7.36. The lowest BCUT2D eigenvalue weighted by Gasteiger charge is -2.40. The van der Waals surface area contributed by atoms with Gasteiger partial charge in [-0.25, -0.2) is 4.79 Å². The molecular weight excluding hydrogens is 502 g/mol. The van der Waals surface area contributed by atoms with Crippen molar-refractivity contribution in [3.63, 3.8) is 0 Å². The first-order valence-corrected chi connectivity index (χ1v) is 11.6. The Labute approximate surface area is 210 Å². The largest absolute Gasteiger partial charge is 0.444 e. The van der Waals surface area contributed by atoms with Gasteiger partial charge in [0.2, 0.25) is 0 Å². The zero-order valence-electron chi connectivity index (χ0n) is 20.8. The number of hydrogen-bond acceptors (Lipinski definition) is 3. The van der Waals surface area contributed by atoms with Crippen LogP contribution < -0.4 is 5.32 Å². The Morgan fingerprint density at radius 3 is 2.03 bits per heavy atom. The van der Waals surface area contributed by atoms with Crippen molar-refractivity contribution in [2.24, 2.45) is 0 Å². The van der Waals surface area contributed by atoms with E-state index in [1.807, 2.05) is 25.1 Å². The molecule has 1 N–H and O–H groups in total. The molecule has 3 rings (SSSR count). The van der Waals surface area contributed by atoms with E-state index in [1.54, 1.807) is 26.8 Å². The van der Waals surface area contributed by atoms with Crippen molar-refractivity contribution in [3.05, 3.63) is 70.3 Å². The monoisotopic (exact) mass is 530 g/mol. The highest BCUT2D eigenvalue weighted by atomic mass is 19.4. The Hall–Kier alpha value is -3.24. The summed E-state index contributed by atoms with van der Waals surface area (Å²) in [5.41, 5.74) is -2.97. The summed E-state index contributed by atoms with van der Waals surface area (Å²) in [6.07, 6.45) is -10.5. The van der Waals surface area contributed by atoms with E-state index < -0.39 is 58.6 Å². The number of nitrogens with one attached hydrogen (secondary N) is 1. The number of amides is 2. The fourth-order valence-corrected chi connectivity index (χ4v) is 4.27. The number of carbonyl (C=O) groups is 2. The predicted molar refractivity (Wildman–Crippen MR) is 124 cm³/mol. The van der Waals surface area contributed by atoms with Crippen LogP contribution in [0.5, 0.6) is 0 Å². The van der Waals surface area contributed by atoms with Gasteiger partial charge in [0.1, 0.15) is 5.60 Å². The Balaban J connectivity index is 1.93. The smallest absolute Gasteiger partial charge is 0.416 e. The molecule has 2 amide bonds. The second-order valence-electron chi connectivity index (χ2n) is 10.1. The molecule has 2 aromatic carbocycles. The van der Waals surface area contributed by atoms with Gasteiger partial charge in [0.25, 0.3) is 5.91 Å². The van der Waals surface area contributed by atoms with Gasteiger partial charge in [-0.2, -0.15) is 26.3 Å². The third kappa shape index (κ3) is 7.17. The number of piperidine rings is 1. The SMILES string of the molecule is Cc1ccccc1C1CN(C(=O)OC(C)(C)C)CC[C@H]1NC(=O)c1cc(C(F)(F)F)cc(C(F)(F)F)c1. The summed E-state index contributed by atoms with van der Waals surface area (Å²) in [6.45, 7) is 7.33. The summed E-state index contributed by atoms with van der Waals surface area (Å²) in [5.74, 6) is -1.54. The third-order valence-electron chi connectivity index (χ3n) is 6.02. The summed E-state index contributed by atoms with van der Waals surface area (Å²) >= 11 is 0. The molecule has 1 fully saturated rings. The fourth-order valence-electron chi connectivity index (χ4n) is 4.27. The quantitative estimate of drug-likeness (QED) is 0.458. The molecule has 5 nitrogen and oxygen atoms in total. The molecule has 0 aromatic heterocycles. The number of rotatable bonds is 3. The van der Waals surface area contributed by atoms with Gasteiger partial charge in [0, 0.05) is 30.6 Å². The highest BCUT2D eigenvalue weighted by molar-refractivity contribution is 5.95. The van der Waals surface area contributed by atoms with Crippen molar-refractivity contribution in [3.8, 4) is 0 Å². The maximum absolute atomic E-state index is 13.3. The van der Waals surface area contributed by atoms with Crippen LogP contribution in [0.1, 0.15) is 65.7 Å². The Morgan fingerprint density at radius 1 is 0.946 bits per heavy atom. The van der Waals surface area contributed by atoms with Gasteiger partial charge in [0.15, 0.2) is 0 Å². The van der Waals surface area contributed by atoms with Gasteiger partial charge in [-0.1, -0.05) is 24.3 Å². The van der Waals surface area contributed by atoms with Crippen molar-refractivity contribution in [2.75, 3.05) is 13.1 Å². The zero-order valence-corrected chi connectivity index (χ0v) is 20.8. The second kappa shape index (κ2) is 10.3. The molecule has 1 unspecified atom stereocenters. The first kappa shape index (κ1) is 28.3. The van der Waals surface area contributed by atoms with Gasteiger partial charge in [-0.05, 0) is 63.4 Å². The topological polar surface area (TPSA) is 58.6 Å². The molecule has 1 aliphatic rings. The molecule has 0 aliphatic carbocycles. The van der Waals surface area contributed by atoms with Crippen molar-refractivity contribution >= 4 is 12.0 Å². The van der Waals surface area contributed by atoms with E-state index in [2.05, 4.69) is 5.32 Å². The van der Waals surface area contributed by atoms with Crippen LogP contribution in [0, 0.1) is 6.92 Å². The fraction of sp³-hybridized carbons (Fsp3) is 0.462. The molecule has 2 atom stereocenters. The minimum absolute atomic E-state index is 0.0216. The minimum atomic E-state index is -5.07. The number of ether oxygens (including phenoxy) is 1. The molecule has 0 bridgehead atoms. The first-order valence-electron chi connectivity index (χ1n) is 11.6. The van der Waals surface area contributed by atoms with E-state index in [1.165, 1.54) is 4.90 Å². The number of carbonyl (C=O) groups excluding carboxylic acids is 2. The molecule has 11 heteroatoms. The number of halogens is 6. The highest BCUT2D eigenvalue weighted by Gasteiger charge is 2.39. The van der Waals surface area contributed by atoms with Crippen LogP contribution in [-0.2, 0) is 17.1 Å². The normalized spacial score (nSPS) is 18.9. The molecule has 0 saturated carbocycles. The third-order valence-corrected chi connectivity index (χ3v) is 6.02. The Bertz CT molecular complexity index is 1120. The number of alkyl halides is 6. The van der Waals surface area contributed by atoms with E-state index in [-0.39, 0.29) is 25.6 Å². The molecule has 37 heavy (non-hydrogen) atoms. The molecule has 1 aliphatic heterocycles. The van der Waals surface area contributed by atoms with Crippen molar-refractivity contribution in [1.29, 1.82) is 0 Å². The van der Waals surface area contributed by atoms with Crippen LogP contribution in [-0.4, -0.2) is 41.6 Å². The number of likely N-dealkylation sites (tertiary alicyclic amines) is 1. The number of aryl methyl sites for hydroxylation is 1. The van der Waals surface area contributed by atoms with Gasteiger partial charge in [0.05, 0.1) is 11.1 Å². The number of hydrogen-bond donors (Lipinski definition) is 1. The van der Waals surface area contributed by atoms with Crippen LogP contribution >= 0.6 is 0 Å². The van der Waals surface area contributed by atoms with E-state index in [0.717, 1.165) is 11.1 Å². The minimum Gasteiger partial charge on any atom is -0.444 e. The Kier molecular flexibility index (Phi) is 7.85. The van der Waals surface area contributed by atoms with E-state index in [9.17, 15) is 35.9 Å². The van der Waals surface area contributed by atoms with Gasteiger partial charge in [-0.15, -0.1) is 0 Å². The molecule has 1 saturated heterocycles. The Morgan fingerprint density at radius 2 is 1.51 bits per heavy atom. The van der Waals surface area contributed by atoms with Gasteiger partial charge in [-0.3, -0.25) is 4.79 Å². The standard InChI is InChI=1S/C26H28F6N2O3/c1-15-7-5-6-8-19(15)20-14-34(23(36)37-24(2,3)4)10-9-21(20)33-22(35)16-11-17(25(27,28)29)13-18(12-16)26(30,31)32/h5-8,11-13,20-21H,9-10,14H2,1-4H3,(H,33,35)/t20?,21-/m1/s1. The zero-order chi connectivity index (χ0) is 27.8. The average Bonchev–Trinajstić information content (AvgIpc) is 2.77. The van der Waals surface area contributed by atoms with Gasteiger partial charge < -0.3 is 15.0 Å². The van der Waals surface area contributed by atoms with E-state index in [4.69, 9.17) is 4.74 Å². The second-order valence-corrected chi connectivity index (χ2v) is 10.1. The van der Waals surface area contributed by atoms with Crippen LogP contribution in [0.2, 0.25) is 0 Å². The number of benzene rings is 2. The van der Waals surface area contributed by atoms with E-state index >= 15 is 0 Å². The van der Waals surface area contributed by atoms with Crippen LogP contribution in [0.4, 0.5) is 31.1 Å². The average molecular weight is 531 g/mol. The molecule has 1 heterocycles. The van der Waals surface area contributed by atoms with Crippen LogP contribution in [0.3, 0.4) is 0 Å². The summed E-state index contributed by atoms with van der Waals surface area (Å²) < 4.78 is 85.1. The molecule has 0 radical (unpaired) electrons. The highest BCUT2D eigenvalue weighted by Crippen LogP contribution is 2.37. The van der Waals surface area contributed by atoms with Crippen molar-refractivity contribution in [2.45, 2.75) is 64.0 Å². The number of nitrogens with zero attached hydrogens (tertiary/aromatic N) is 1. The predicted octanol–water partition coefficient (Wildman–Crippen LogP) is 6.56. The maximum atomic E-state index is 13.3. The van der Waals surface area contributed by atoms with Crippen LogP contribution in [0.15, 0.2) is 42.5 Å². The lowest BCUT2D eigenvalue weighted by molar-refractivity contribution is -0.143. The van der Waals surface area contributed by atoms with Crippen LogP contribution in [0.25, 0.3) is 0 Å². The first-order chi connectivity index (χ1) is 17.0. The summed E-state index contributed by atoms with van der Waals surface area (Å²) in [5, 5.41) is 2.62. The molecule has 0 spiro atoms. The summed E-state index contributed by atoms with van der Waals surface area (Å²) in [7, 11) is 0. The van der Waals surface area contributed by atoms with Crippen molar-refractivity contribution in [1.82, 2.24) is 10.2 Å².